The summed E-state index contributed by atoms with van der Waals surface area (Å²) >= 11 is 0. The zero-order valence-electron chi connectivity index (χ0n) is 15.0. The molecule has 24 heavy (non-hydrogen) atoms. The Bertz CT molecular complexity index is 717. The zero-order valence-corrected chi connectivity index (χ0v) is 15.0. The van der Waals surface area contributed by atoms with Crippen molar-refractivity contribution in [1.29, 1.82) is 0 Å². The number of hydrogen-bond donors (Lipinski definition) is 1. The molecule has 1 aromatic carbocycles. The molecule has 0 aliphatic carbocycles. The Morgan fingerprint density at radius 3 is 2.83 bits per heavy atom. The lowest BCUT2D eigenvalue weighted by Gasteiger charge is -2.37. The Balaban J connectivity index is 1.91. The standard InChI is InChI=1S/C19H26N4O/c1-13-14(2)21-19(20-10-12-24-4)22-18(13)23-11-9-16-7-5-6-8-17(16)15(23)3/h5-8,15H,9-12H2,1-4H3,(H,20,21,22). The fourth-order valence-corrected chi connectivity index (χ4v) is 3.30. The monoisotopic (exact) mass is 326 g/mol. The molecule has 0 spiro atoms. The van der Waals surface area contributed by atoms with E-state index in [1.165, 1.54) is 11.1 Å². The van der Waals surface area contributed by atoms with E-state index in [9.17, 15) is 0 Å². The first-order valence-corrected chi connectivity index (χ1v) is 8.54. The first-order valence-electron chi connectivity index (χ1n) is 8.54. The van der Waals surface area contributed by atoms with Gasteiger partial charge in [0.2, 0.25) is 5.95 Å². The van der Waals surface area contributed by atoms with Crippen LogP contribution in [0.15, 0.2) is 24.3 Å². The van der Waals surface area contributed by atoms with Crippen molar-refractivity contribution in [3.8, 4) is 0 Å². The summed E-state index contributed by atoms with van der Waals surface area (Å²) in [7, 11) is 1.70. The Morgan fingerprint density at radius 1 is 1.25 bits per heavy atom. The van der Waals surface area contributed by atoms with Crippen molar-refractivity contribution in [1.82, 2.24) is 9.97 Å². The predicted octanol–water partition coefficient (Wildman–Crippen LogP) is 3.28. The van der Waals surface area contributed by atoms with Gasteiger partial charge in [0, 0.05) is 31.5 Å². The Hall–Kier alpha value is -2.14. The highest BCUT2D eigenvalue weighted by Crippen LogP contribution is 2.34. The van der Waals surface area contributed by atoms with Crippen molar-refractivity contribution >= 4 is 11.8 Å². The van der Waals surface area contributed by atoms with Gasteiger partial charge in [0.15, 0.2) is 0 Å². The van der Waals surface area contributed by atoms with E-state index in [1.54, 1.807) is 7.11 Å². The summed E-state index contributed by atoms with van der Waals surface area (Å²) in [5.41, 5.74) is 5.01. The highest BCUT2D eigenvalue weighted by atomic mass is 16.5. The third kappa shape index (κ3) is 3.22. The molecule has 1 aromatic heterocycles. The van der Waals surface area contributed by atoms with Gasteiger partial charge in [-0.3, -0.25) is 0 Å². The number of benzene rings is 1. The molecule has 1 aliphatic heterocycles. The number of fused-ring (bicyclic) bond motifs is 1. The van der Waals surface area contributed by atoms with Gasteiger partial charge in [0.05, 0.1) is 12.6 Å². The highest BCUT2D eigenvalue weighted by Gasteiger charge is 2.26. The van der Waals surface area contributed by atoms with E-state index in [4.69, 9.17) is 9.72 Å². The van der Waals surface area contributed by atoms with Gasteiger partial charge in [-0.25, -0.2) is 4.98 Å². The Morgan fingerprint density at radius 2 is 2.04 bits per heavy atom. The van der Waals surface area contributed by atoms with Gasteiger partial charge in [0.1, 0.15) is 5.82 Å². The molecule has 3 rings (SSSR count). The first-order chi connectivity index (χ1) is 11.6. The van der Waals surface area contributed by atoms with Crippen molar-refractivity contribution < 1.29 is 4.74 Å². The molecule has 1 unspecified atom stereocenters. The van der Waals surface area contributed by atoms with Gasteiger partial charge < -0.3 is 15.0 Å². The van der Waals surface area contributed by atoms with Crippen LogP contribution in [0.2, 0.25) is 0 Å². The van der Waals surface area contributed by atoms with Gasteiger partial charge in [0.25, 0.3) is 0 Å². The minimum atomic E-state index is 0.315. The minimum Gasteiger partial charge on any atom is -0.383 e. The fourth-order valence-electron chi connectivity index (χ4n) is 3.30. The van der Waals surface area contributed by atoms with Crippen molar-refractivity contribution in [2.45, 2.75) is 33.2 Å². The van der Waals surface area contributed by atoms with Crippen molar-refractivity contribution in [3.05, 3.63) is 46.6 Å². The summed E-state index contributed by atoms with van der Waals surface area (Å²) in [6.45, 7) is 8.73. The highest BCUT2D eigenvalue weighted by molar-refractivity contribution is 5.55. The van der Waals surface area contributed by atoms with Gasteiger partial charge in [-0.2, -0.15) is 4.98 Å². The van der Waals surface area contributed by atoms with Crippen molar-refractivity contribution in [2.24, 2.45) is 0 Å². The molecule has 1 aliphatic rings. The Kier molecular flexibility index (Phi) is 5.00. The number of methoxy groups -OCH3 is 1. The zero-order chi connectivity index (χ0) is 17.1. The van der Waals surface area contributed by atoms with Crippen LogP contribution in [0.25, 0.3) is 0 Å². The molecule has 128 valence electrons. The smallest absolute Gasteiger partial charge is 0.224 e. The molecule has 5 nitrogen and oxygen atoms in total. The van der Waals surface area contributed by atoms with Crippen LogP contribution in [0.1, 0.15) is 35.3 Å². The second-order valence-electron chi connectivity index (χ2n) is 6.32. The maximum absolute atomic E-state index is 5.09. The number of anilines is 2. The largest absolute Gasteiger partial charge is 0.383 e. The molecule has 0 saturated heterocycles. The average Bonchev–Trinajstić information content (AvgIpc) is 2.59. The summed E-state index contributed by atoms with van der Waals surface area (Å²) in [5, 5.41) is 3.25. The quantitative estimate of drug-likeness (QED) is 0.855. The van der Waals surface area contributed by atoms with Crippen LogP contribution in [0.5, 0.6) is 0 Å². The van der Waals surface area contributed by atoms with E-state index in [0.717, 1.165) is 30.0 Å². The maximum atomic E-state index is 5.09. The number of hydrogen-bond acceptors (Lipinski definition) is 5. The number of aromatic nitrogens is 2. The van der Waals surface area contributed by atoms with E-state index in [-0.39, 0.29) is 0 Å². The van der Waals surface area contributed by atoms with Crippen LogP contribution in [0, 0.1) is 13.8 Å². The molecular formula is C19H26N4O. The van der Waals surface area contributed by atoms with Gasteiger partial charge in [-0.1, -0.05) is 24.3 Å². The van der Waals surface area contributed by atoms with E-state index in [1.807, 2.05) is 6.92 Å². The summed E-state index contributed by atoms with van der Waals surface area (Å²) in [4.78, 5) is 11.8. The third-order valence-corrected chi connectivity index (χ3v) is 4.82. The number of rotatable bonds is 5. The molecule has 1 N–H and O–H groups in total. The van der Waals surface area contributed by atoms with Crippen LogP contribution < -0.4 is 10.2 Å². The SMILES string of the molecule is COCCNc1nc(C)c(C)c(N2CCc3ccccc3C2C)n1. The van der Waals surface area contributed by atoms with E-state index < -0.39 is 0 Å². The van der Waals surface area contributed by atoms with E-state index >= 15 is 0 Å². The van der Waals surface area contributed by atoms with E-state index in [2.05, 4.69) is 53.3 Å². The number of aryl methyl sites for hydroxylation is 1. The number of nitrogens with zero attached hydrogens (tertiary/aromatic N) is 3. The van der Waals surface area contributed by atoms with Crippen LogP contribution >= 0.6 is 0 Å². The Labute approximate surface area is 144 Å². The van der Waals surface area contributed by atoms with Crippen LogP contribution in [-0.4, -0.2) is 36.8 Å². The predicted molar refractivity (Wildman–Crippen MR) is 97.8 cm³/mol. The topological polar surface area (TPSA) is 50.3 Å². The van der Waals surface area contributed by atoms with Crippen LogP contribution in [0.4, 0.5) is 11.8 Å². The summed E-state index contributed by atoms with van der Waals surface area (Å²) in [5.74, 6) is 1.71. The number of ether oxygens (including phenoxy) is 1. The lowest BCUT2D eigenvalue weighted by Crippen LogP contribution is -2.35. The first kappa shape index (κ1) is 16.7. The minimum absolute atomic E-state index is 0.315. The second kappa shape index (κ2) is 7.18. The van der Waals surface area contributed by atoms with E-state index in [0.29, 0.717) is 25.1 Å². The molecule has 1 atom stereocenters. The average molecular weight is 326 g/mol. The molecule has 0 fully saturated rings. The molecule has 0 saturated carbocycles. The molecular weight excluding hydrogens is 300 g/mol. The van der Waals surface area contributed by atoms with Crippen LogP contribution in [0.3, 0.4) is 0 Å². The molecule has 5 heteroatoms. The number of nitrogens with one attached hydrogen (secondary N) is 1. The summed E-state index contributed by atoms with van der Waals surface area (Å²) in [6.07, 6.45) is 1.05. The summed E-state index contributed by atoms with van der Waals surface area (Å²) < 4.78 is 5.09. The normalized spacial score (nSPS) is 16.8. The van der Waals surface area contributed by atoms with Crippen molar-refractivity contribution in [3.63, 3.8) is 0 Å². The van der Waals surface area contributed by atoms with Crippen LogP contribution in [-0.2, 0) is 11.2 Å². The summed E-state index contributed by atoms with van der Waals surface area (Å²) in [6, 6.07) is 9.02. The lowest BCUT2D eigenvalue weighted by molar-refractivity contribution is 0.210. The van der Waals surface area contributed by atoms with Gasteiger partial charge >= 0.3 is 0 Å². The molecule has 2 heterocycles. The third-order valence-electron chi connectivity index (χ3n) is 4.82. The molecule has 0 amide bonds. The fraction of sp³-hybridized carbons (Fsp3) is 0.474. The van der Waals surface area contributed by atoms with Crippen molar-refractivity contribution in [2.75, 3.05) is 37.0 Å². The van der Waals surface area contributed by atoms with Gasteiger partial charge in [-0.15, -0.1) is 0 Å². The maximum Gasteiger partial charge on any atom is 0.224 e. The second-order valence-corrected chi connectivity index (χ2v) is 6.32. The molecule has 0 radical (unpaired) electrons. The lowest BCUT2D eigenvalue weighted by atomic mass is 9.93. The molecule has 2 aromatic rings. The molecule has 0 bridgehead atoms. The van der Waals surface area contributed by atoms with Gasteiger partial charge in [-0.05, 0) is 38.3 Å².